The maximum Gasteiger partial charge on any atom is 0.243 e. The molecule has 17 nitrogen and oxygen atoms in total. The second-order valence-corrected chi connectivity index (χ2v) is 20.2. The smallest absolute Gasteiger partial charge is 0.243 e. The van der Waals surface area contributed by atoms with E-state index in [1.54, 1.807) is 52.4 Å². The largest absolute Gasteiger partial charge is 0.391 e. The summed E-state index contributed by atoms with van der Waals surface area (Å²) in [6, 6.07) is 17.6. The van der Waals surface area contributed by atoms with Crippen molar-refractivity contribution >= 4 is 51.6 Å². The molecule has 356 valence electrons. The molecule has 0 spiro atoms. The van der Waals surface area contributed by atoms with Crippen molar-refractivity contribution in [1.29, 1.82) is 5.26 Å². The van der Waals surface area contributed by atoms with Crippen LogP contribution in [0.5, 0.6) is 0 Å². The monoisotopic (exact) mass is 966 g/mol. The fraction of sp³-hybridized carbons (Fsp3) is 0.400. The summed E-state index contributed by atoms with van der Waals surface area (Å²) < 4.78 is 7.29. The van der Waals surface area contributed by atoms with E-state index in [-0.39, 0.29) is 49.1 Å². The van der Waals surface area contributed by atoms with Gasteiger partial charge in [-0.2, -0.15) is 10.4 Å². The first-order valence-corrected chi connectivity index (χ1v) is 24.9. The first-order chi connectivity index (χ1) is 33.3. The molecule has 1 aliphatic heterocycles. The number of likely N-dealkylation sites (tertiary alicyclic amines) is 1. The molecule has 0 bridgehead atoms. The van der Waals surface area contributed by atoms with Gasteiger partial charge in [-0.3, -0.25) is 19.4 Å². The number of hydrogen-bond acceptors (Lipinski definition) is 15. The summed E-state index contributed by atoms with van der Waals surface area (Å²) in [6.45, 7) is 7.58. The molecule has 4 atom stereocenters. The molecule has 7 heterocycles. The van der Waals surface area contributed by atoms with Crippen molar-refractivity contribution in [3.8, 4) is 38.5 Å². The fourth-order valence-electron chi connectivity index (χ4n) is 9.68. The van der Waals surface area contributed by atoms with E-state index in [0.717, 1.165) is 85.6 Å². The topological polar surface area (TPSA) is 221 Å². The number of amides is 3. The van der Waals surface area contributed by atoms with Crippen LogP contribution < -0.4 is 10.6 Å². The van der Waals surface area contributed by atoms with Crippen molar-refractivity contribution in [2.24, 2.45) is 5.92 Å². The highest BCUT2D eigenvalue weighted by Crippen LogP contribution is 2.40. The number of hydrogen-bond donors (Lipinski definition) is 3. The predicted octanol–water partition coefficient (Wildman–Crippen LogP) is 7.69. The van der Waals surface area contributed by atoms with Crippen LogP contribution in [-0.2, 0) is 14.4 Å². The predicted molar refractivity (Wildman–Crippen MR) is 262 cm³/mol. The van der Waals surface area contributed by atoms with Crippen LogP contribution in [0.4, 0.5) is 5.69 Å². The second kappa shape index (κ2) is 20.0. The third-order valence-electron chi connectivity index (χ3n) is 13.5. The molecule has 7 aromatic rings. The molecular formula is C50H54N12O5S2. The maximum atomic E-state index is 14.4. The normalized spacial score (nSPS) is 19.1. The number of aliphatic hydroxyl groups is 1. The second-order valence-electron chi connectivity index (χ2n) is 18.4. The number of β-amino-alcohol motifs (C(OH)–C–C–N with tert-alkyl or cyclic N) is 1. The minimum Gasteiger partial charge on any atom is -0.391 e. The van der Waals surface area contributed by atoms with Gasteiger partial charge in [-0.15, -0.1) is 21.5 Å². The summed E-state index contributed by atoms with van der Waals surface area (Å²) in [4.78, 5) is 56.4. The molecule has 1 aromatic carbocycles. The van der Waals surface area contributed by atoms with Crippen LogP contribution in [-0.4, -0.2) is 106 Å². The van der Waals surface area contributed by atoms with Crippen molar-refractivity contribution < 1.29 is 24.0 Å². The SMILES string of the molecule is CNc1cc(-c2ccc3cc(C#N)cnn23)ncc1-c1nnc(C2CCC(N(C)C(=O)C[C@H](NC(=O)[C@@H]3C[C@@H](O)CN3C(=O)C(c3cc(C)no3)C(C)C)c3ccc(-c4scnc4C)cc3)CC2)s1. The number of anilines is 1. The number of benzene rings is 1. The quantitative estimate of drug-likeness (QED) is 0.0953. The van der Waals surface area contributed by atoms with Crippen molar-refractivity contribution in [1.82, 2.24) is 50.1 Å². The Hall–Kier alpha value is -6.88. The molecule has 6 aromatic heterocycles. The molecule has 2 fully saturated rings. The highest BCUT2D eigenvalue weighted by Gasteiger charge is 2.44. The lowest BCUT2D eigenvalue weighted by atomic mass is 9.85. The van der Waals surface area contributed by atoms with Gasteiger partial charge in [0, 0.05) is 57.0 Å². The third-order valence-corrected chi connectivity index (χ3v) is 15.6. The van der Waals surface area contributed by atoms with Gasteiger partial charge in [0.05, 0.1) is 74.6 Å². The molecule has 1 unspecified atom stereocenters. The number of nitriles is 1. The van der Waals surface area contributed by atoms with E-state index in [9.17, 15) is 24.8 Å². The van der Waals surface area contributed by atoms with Gasteiger partial charge in [0.2, 0.25) is 17.7 Å². The first kappa shape index (κ1) is 47.2. The van der Waals surface area contributed by atoms with Crippen LogP contribution >= 0.6 is 22.7 Å². The molecule has 9 rings (SSSR count). The molecule has 3 amide bonds. The average molecular weight is 967 g/mol. The Bertz CT molecular complexity index is 3040. The van der Waals surface area contributed by atoms with Crippen LogP contribution in [0.1, 0.15) is 104 Å². The van der Waals surface area contributed by atoms with Gasteiger partial charge in [0.25, 0.3) is 0 Å². The zero-order chi connectivity index (χ0) is 48.5. The Morgan fingerprint density at radius 1 is 1.01 bits per heavy atom. The molecule has 3 N–H and O–H groups in total. The Labute approximate surface area is 407 Å². The summed E-state index contributed by atoms with van der Waals surface area (Å²) in [5.74, 6) is -1.13. The number of nitrogens with one attached hydrogen (secondary N) is 2. The van der Waals surface area contributed by atoms with Crippen molar-refractivity contribution in [2.75, 3.05) is 26.0 Å². The molecule has 19 heteroatoms. The van der Waals surface area contributed by atoms with Crippen molar-refractivity contribution in [3.63, 3.8) is 0 Å². The lowest BCUT2D eigenvalue weighted by Crippen LogP contribution is -2.49. The minimum atomic E-state index is -0.951. The van der Waals surface area contributed by atoms with E-state index in [1.165, 1.54) is 11.1 Å². The van der Waals surface area contributed by atoms with E-state index in [2.05, 4.69) is 42.1 Å². The Morgan fingerprint density at radius 2 is 1.80 bits per heavy atom. The number of thiazole rings is 1. The number of pyridine rings is 1. The van der Waals surface area contributed by atoms with E-state index in [4.69, 9.17) is 9.51 Å². The minimum absolute atomic E-state index is 0.00248. The number of rotatable bonds is 14. The molecule has 2 aliphatic rings. The van der Waals surface area contributed by atoms with Gasteiger partial charge < -0.3 is 30.1 Å². The molecule has 0 radical (unpaired) electrons. The fourth-order valence-corrected chi connectivity index (χ4v) is 11.5. The number of aliphatic hydroxyl groups excluding tert-OH is 1. The van der Waals surface area contributed by atoms with E-state index in [1.807, 2.05) is 87.7 Å². The first-order valence-electron chi connectivity index (χ1n) is 23.2. The van der Waals surface area contributed by atoms with E-state index < -0.39 is 30.0 Å². The van der Waals surface area contributed by atoms with E-state index >= 15 is 0 Å². The number of nitrogens with zero attached hydrogens (tertiary/aromatic N) is 10. The van der Waals surface area contributed by atoms with Gasteiger partial charge in [-0.25, -0.2) is 9.50 Å². The number of carbonyl (C=O) groups is 3. The number of fused-ring (bicyclic) bond motifs is 1. The molecule has 1 saturated carbocycles. The molecule has 1 saturated heterocycles. The lowest BCUT2D eigenvalue weighted by Gasteiger charge is -2.35. The van der Waals surface area contributed by atoms with Crippen LogP contribution in [0.2, 0.25) is 0 Å². The van der Waals surface area contributed by atoms with E-state index in [0.29, 0.717) is 17.0 Å². The standard InChI is InChI=1S/C50H54N12O5S2/c1-27(2)45(43-17-28(3)59-67-43)50(66)61-25-36(63)19-42(61)47(65)56-38(31-7-9-32(10-8-31)46-29(4)54-26-68-46)21-44(64)60(6)34-13-11-33(12-14-34)48-57-58-49(69-48)37-24-53-40(20-39(37)52-5)41-16-15-35-18-30(22-51)23-55-62(35)41/h7-10,15-18,20,23-24,26-27,33-34,36,38,42,45,63H,11-14,19,21,25H2,1-6H3,(H,52,53)(H,56,65)/t33?,34?,36-,38+,42+,45?/m1/s1. The highest BCUT2D eigenvalue weighted by molar-refractivity contribution is 7.14. The number of aryl methyl sites for hydroxylation is 2. The van der Waals surface area contributed by atoms with Gasteiger partial charge in [-0.1, -0.05) is 54.6 Å². The van der Waals surface area contributed by atoms with Crippen molar-refractivity contribution in [3.05, 3.63) is 106 Å². The summed E-state index contributed by atoms with van der Waals surface area (Å²) in [5, 5.41) is 46.0. The zero-order valence-corrected chi connectivity index (χ0v) is 40.9. The van der Waals surface area contributed by atoms with Gasteiger partial charge in [0.15, 0.2) is 5.01 Å². The van der Waals surface area contributed by atoms with Crippen LogP contribution in [0.3, 0.4) is 0 Å². The van der Waals surface area contributed by atoms with Crippen LogP contribution in [0.15, 0.2) is 77.0 Å². The summed E-state index contributed by atoms with van der Waals surface area (Å²) in [5.41, 5.74) is 9.60. The average Bonchev–Trinajstić information content (AvgIpc) is 4.23. The number of aromatic nitrogens is 7. The molecule has 69 heavy (non-hydrogen) atoms. The Morgan fingerprint density at radius 3 is 2.48 bits per heavy atom. The lowest BCUT2D eigenvalue weighted by molar-refractivity contribution is -0.141. The van der Waals surface area contributed by atoms with Gasteiger partial charge in [0.1, 0.15) is 28.8 Å². The summed E-state index contributed by atoms with van der Waals surface area (Å²) >= 11 is 3.10. The van der Waals surface area contributed by atoms with Crippen LogP contribution in [0.25, 0.3) is 37.9 Å². The number of carbonyl (C=O) groups excluding carboxylic acids is 3. The van der Waals surface area contributed by atoms with Crippen LogP contribution in [0, 0.1) is 31.1 Å². The summed E-state index contributed by atoms with van der Waals surface area (Å²) in [7, 11) is 3.69. The molecule has 1 aliphatic carbocycles. The maximum absolute atomic E-state index is 14.4. The van der Waals surface area contributed by atoms with Gasteiger partial charge in [-0.05, 0) is 80.8 Å². The van der Waals surface area contributed by atoms with Crippen molar-refractivity contribution in [2.45, 2.75) is 102 Å². The Kier molecular flexibility index (Phi) is 13.7. The highest BCUT2D eigenvalue weighted by atomic mass is 32.1. The van der Waals surface area contributed by atoms with Gasteiger partial charge >= 0.3 is 0 Å². The Balaban J connectivity index is 0.876. The third kappa shape index (κ3) is 9.74. The zero-order valence-electron chi connectivity index (χ0n) is 39.3. The molecular weight excluding hydrogens is 913 g/mol. The summed E-state index contributed by atoms with van der Waals surface area (Å²) in [6.07, 6.45) is 5.70.